The van der Waals surface area contributed by atoms with Crippen LogP contribution in [-0.4, -0.2) is 0 Å². The van der Waals surface area contributed by atoms with Crippen LogP contribution in [0.5, 0.6) is 0 Å². The summed E-state index contributed by atoms with van der Waals surface area (Å²) in [6.45, 7) is 2.27. The third-order valence-electron chi connectivity index (χ3n) is 1.64. The van der Waals surface area contributed by atoms with E-state index in [-0.39, 0.29) is 0 Å². The fourth-order valence-electron chi connectivity index (χ4n) is 0.977. The van der Waals surface area contributed by atoms with Crippen molar-refractivity contribution in [2.24, 2.45) is 0 Å². The van der Waals surface area contributed by atoms with Crippen LogP contribution in [0.25, 0.3) is 0 Å². The molecule has 0 unspecified atom stereocenters. The van der Waals surface area contributed by atoms with E-state index in [0.29, 0.717) is 0 Å². The molecule has 0 nitrogen and oxygen atoms in total. The minimum atomic E-state index is 0.909. The van der Waals surface area contributed by atoms with Crippen molar-refractivity contribution in [2.45, 2.75) is 37.5 Å². The normalized spacial score (nSPS) is 15.9. The molecule has 1 aliphatic carbocycles. The first-order chi connectivity index (χ1) is 5.43. The van der Waals surface area contributed by atoms with E-state index < -0.39 is 0 Å². The topological polar surface area (TPSA) is 0 Å². The second-order valence-electron chi connectivity index (χ2n) is 2.68. The van der Waals surface area contributed by atoms with Crippen molar-refractivity contribution < 1.29 is 18.0 Å². The first-order valence-electron chi connectivity index (χ1n) is 4.31. The molecule has 0 spiro atoms. The van der Waals surface area contributed by atoms with Crippen molar-refractivity contribution in [2.75, 3.05) is 0 Å². The van der Waals surface area contributed by atoms with E-state index in [1.807, 2.05) is 0 Å². The summed E-state index contributed by atoms with van der Waals surface area (Å²) in [6.07, 6.45) is 12.2. The van der Waals surface area contributed by atoms with Crippen molar-refractivity contribution in [3.8, 4) is 0 Å². The molecule has 0 aromatic rings. The summed E-state index contributed by atoms with van der Waals surface area (Å²) in [5, 5.41) is 0. The van der Waals surface area contributed by atoms with E-state index in [1.54, 1.807) is 4.05 Å². The van der Waals surface area contributed by atoms with Crippen LogP contribution in [0.15, 0.2) is 22.3 Å². The molecule has 0 aromatic carbocycles. The zero-order valence-corrected chi connectivity index (χ0v) is 8.64. The summed E-state index contributed by atoms with van der Waals surface area (Å²) < 4.78 is 1.68. The van der Waals surface area contributed by atoms with Gasteiger partial charge in [0.1, 0.15) is 0 Å². The Kier molecular flexibility index (Phi) is 4.83. The molecule has 0 bridgehead atoms. The number of hydrogen-bond donors (Lipinski definition) is 0. The predicted octanol–water partition coefficient (Wildman–Crippen LogP) is 3.52. The van der Waals surface area contributed by atoms with E-state index in [9.17, 15) is 0 Å². The number of allylic oxidation sites excluding steroid dienone is 4. The Labute approximate surface area is 77.9 Å². The molecular formula is C10H16Pd. The zero-order valence-electron chi connectivity index (χ0n) is 7.08. The Morgan fingerprint density at radius 2 is 2.36 bits per heavy atom. The fraction of sp³-hybridized carbons (Fsp3) is 0.600. The van der Waals surface area contributed by atoms with Crippen molar-refractivity contribution in [3.63, 3.8) is 0 Å². The summed E-state index contributed by atoms with van der Waals surface area (Å²) >= 11 is 0.909. The van der Waals surface area contributed by atoms with Gasteiger partial charge in [-0.2, -0.15) is 0 Å². The van der Waals surface area contributed by atoms with Gasteiger partial charge in [-0.15, -0.1) is 0 Å². The average molecular weight is 243 g/mol. The molecule has 0 fully saturated rings. The third kappa shape index (κ3) is 3.89. The molecular weight excluding hydrogens is 227 g/mol. The Balaban J connectivity index is 1.95. The SMILES string of the molecule is CCCC[CH2][Pd][C]1=CC=CC1. The average Bonchev–Trinajstić information content (AvgIpc) is 2.50. The summed E-state index contributed by atoms with van der Waals surface area (Å²) in [4.78, 5) is 1.44. The molecule has 0 saturated carbocycles. The van der Waals surface area contributed by atoms with E-state index in [1.165, 1.54) is 30.6 Å². The van der Waals surface area contributed by atoms with Gasteiger partial charge in [0.05, 0.1) is 0 Å². The van der Waals surface area contributed by atoms with Gasteiger partial charge in [-0.1, -0.05) is 0 Å². The number of rotatable bonds is 5. The summed E-state index contributed by atoms with van der Waals surface area (Å²) in [7, 11) is 0. The standard InChI is InChI=1S/C5H5.C5H11.Pd/c1-2-4-5-3-1;1-3-5-4-2;/h1-3H,4H2;1,3-5H2,2H3;. The third-order valence-corrected chi connectivity index (χ3v) is 3.86. The predicted molar refractivity (Wildman–Crippen MR) is 46.2 cm³/mol. The van der Waals surface area contributed by atoms with Gasteiger partial charge in [0.25, 0.3) is 0 Å². The quantitative estimate of drug-likeness (QED) is 0.511. The molecule has 0 heterocycles. The van der Waals surface area contributed by atoms with Crippen molar-refractivity contribution in [1.82, 2.24) is 0 Å². The summed E-state index contributed by atoms with van der Waals surface area (Å²) in [6, 6.07) is 0. The Morgan fingerprint density at radius 1 is 1.45 bits per heavy atom. The van der Waals surface area contributed by atoms with Crippen LogP contribution in [-0.2, 0) is 18.0 Å². The zero-order chi connectivity index (χ0) is 7.94. The maximum absolute atomic E-state index is 2.29. The molecule has 11 heavy (non-hydrogen) atoms. The van der Waals surface area contributed by atoms with Gasteiger partial charge in [-0.3, -0.25) is 0 Å². The van der Waals surface area contributed by atoms with E-state index in [4.69, 9.17) is 0 Å². The van der Waals surface area contributed by atoms with Crippen LogP contribution in [0.3, 0.4) is 0 Å². The molecule has 1 heteroatoms. The van der Waals surface area contributed by atoms with Gasteiger partial charge in [-0.25, -0.2) is 0 Å². The minimum absolute atomic E-state index is 0.909. The van der Waals surface area contributed by atoms with Crippen molar-refractivity contribution in [3.05, 3.63) is 22.3 Å². The molecule has 0 aromatic heterocycles. The molecule has 0 aliphatic heterocycles. The molecule has 1 aliphatic rings. The van der Waals surface area contributed by atoms with Crippen LogP contribution in [0.1, 0.15) is 32.6 Å². The number of hydrogen-bond acceptors (Lipinski definition) is 0. The number of unbranched alkanes of at least 4 members (excludes halogenated alkanes) is 2. The first kappa shape index (κ1) is 9.23. The van der Waals surface area contributed by atoms with Gasteiger partial charge in [0.2, 0.25) is 0 Å². The van der Waals surface area contributed by atoms with Crippen LogP contribution in [0.4, 0.5) is 0 Å². The van der Waals surface area contributed by atoms with Crippen LogP contribution in [0.2, 0.25) is 4.89 Å². The van der Waals surface area contributed by atoms with Gasteiger partial charge >= 0.3 is 77.8 Å². The molecule has 1 rings (SSSR count). The Bertz CT molecular complexity index is 156. The van der Waals surface area contributed by atoms with E-state index in [2.05, 4.69) is 25.2 Å². The van der Waals surface area contributed by atoms with Crippen LogP contribution >= 0.6 is 0 Å². The second-order valence-corrected chi connectivity index (χ2v) is 5.01. The van der Waals surface area contributed by atoms with Crippen molar-refractivity contribution >= 4 is 0 Å². The van der Waals surface area contributed by atoms with Gasteiger partial charge in [-0.05, 0) is 0 Å². The maximum atomic E-state index is 2.29. The first-order valence-corrected chi connectivity index (χ1v) is 6.18. The Hall–Kier alpha value is 0.142. The van der Waals surface area contributed by atoms with Gasteiger partial charge < -0.3 is 0 Å². The molecule has 66 valence electrons. The van der Waals surface area contributed by atoms with Crippen LogP contribution in [0, 0.1) is 0 Å². The van der Waals surface area contributed by atoms with Crippen molar-refractivity contribution in [1.29, 1.82) is 0 Å². The fourth-order valence-corrected chi connectivity index (χ4v) is 2.88. The Morgan fingerprint density at radius 3 is 3.00 bits per heavy atom. The second kappa shape index (κ2) is 5.75. The summed E-state index contributed by atoms with van der Waals surface area (Å²) in [5.74, 6) is 0. The van der Waals surface area contributed by atoms with Gasteiger partial charge in [0.15, 0.2) is 0 Å². The van der Waals surface area contributed by atoms with E-state index in [0.717, 1.165) is 18.0 Å². The monoisotopic (exact) mass is 242 g/mol. The summed E-state index contributed by atoms with van der Waals surface area (Å²) in [5.41, 5.74) is 0. The van der Waals surface area contributed by atoms with E-state index >= 15 is 0 Å². The molecule has 0 saturated heterocycles. The molecule has 0 amide bonds. The van der Waals surface area contributed by atoms with Crippen LogP contribution < -0.4 is 0 Å². The molecule has 0 N–H and O–H groups in total. The van der Waals surface area contributed by atoms with Gasteiger partial charge in [0, 0.05) is 0 Å². The molecule has 0 radical (unpaired) electrons. The molecule has 0 atom stereocenters.